The molecule has 0 bridgehead atoms. The Labute approximate surface area is 174 Å². The maximum absolute atomic E-state index is 12.6. The van der Waals surface area contributed by atoms with Crippen molar-refractivity contribution in [2.45, 2.75) is 124 Å². The van der Waals surface area contributed by atoms with Gasteiger partial charge in [-0.05, 0) is 19.3 Å². The van der Waals surface area contributed by atoms with Crippen LogP contribution in [0.25, 0.3) is 0 Å². The van der Waals surface area contributed by atoms with E-state index in [2.05, 4.69) is 20.8 Å². The molecule has 0 saturated carbocycles. The topological polar surface area (TPSA) is 46.6 Å². The maximum Gasteiger partial charge on any atom is 0.306 e. The van der Waals surface area contributed by atoms with E-state index in [1.165, 1.54) is 64.2 Å². The smallest absolute Gasteiger partial charge is 0.306 e. The molecule has 4 heteroatoms. The molecule has 0 aromatic carbocycles. The molecule has 0 heterocycles. The molecule has 0 saturated heterocycles. The molecule has 0 radical (unpaired) electrons. The quantitative estimate of drug-likeness (QED) is 0.170. The minimum Gasteiger partial charge on any atom is -0.466 e. The van der Waals surface area contributed by atoms with Crippen LogP contribution in [-0.2, 0) is 14.3 Å². The molecule has 0 unspecified atom stereocenters. The fraction of sp³-hybridized carbons (Fsp3) is 0.917. The third-order valence-electron chi connectivity index (χ3n) is 5.22. The summed E-state index contributed by atoms with van der Waals surface area (Å²) in [6.45, 7) is 8.77. The molecule has 0 aliphatic carbocycles. The van der Waals surface area contributed by atoms with Crippen LogP contribution in [0.15, 0.2) is 0 Å². The molecule has 0 aromatic rings. The fourth-order valence-corrected chi connectivity index (χ4v) is 3.33. The Hall–Kier alpha value is -1.06. The lowest BCUT2D eigenvalue weighted by atomic mass is 10.1. The molecule has 1 amide bonds. The van der Waals surface area contributed by atoms with Crippen LogP contribution >= 0.6 is 0 Å². The first-order valence-corrected chi connectivity index (χ1v) is 12.1. The number of carbonyl (C=O) groups is 2. The summed E-state index contributed by atoms with van der Waals surface area (Å²) in [5, 5.41) is 0. The Morgan fingerprint density at radius 1 is 0.607 bits per heavy atom. The van der Waals surface area contributed by atoms with Crippen LogP contribution < -0.4 is 0 Å². The number of carbonyl (C=O) groups excluding carboxylic acids is 2. The second kappa shape index (κ2) is 20.7. The van der Waals surface area contributed by atoms with E-state index in [9.17, 15) is 9.59 Å². The van der Waals surface area contributed by atoms with Crippen molar-refractivity contribution in [1.29, 1.82) is 0 Å². The second-order valence-corrected chi connectivity index (χ2v) is 7.99. The van der Waals surface area contributed by atoms with Gasteiger partial charge in [0.1, 0.15) is 0 Å². The van der Waals surface area contributed by atoms with E-state index in [0.29, 0.717) is 6.61 Å². The van der Waals surface area contributed by atoms with Crippen LogP contribution in [0.4, 0.5) is 0 Å². The summed E-state index contributed by atoms with van der Waals surface area (Å²) in [5.41, 5.74) is 0. The molecule has 28 heavy (non-hydrogen) atoms. The van der Waals surface area contributed by atoms with Crippen molar-refractivity contribution in [3.05, 3.63) is 0 Å². The molecule has 0 N–H and O–H groups in total. The minimum absolute atomic E-state index is 0.115. The number of rotatable bonds is 20. The van der Waals surface area contributed by atoms with Crippen molar-refractivity contribution in [1.82, 2.24) is 4.90 Å². The number of hydrogen-bond acceptors (Lipinski definition) is 3. The molecular formula is C24H47NO3. The van der Waals surface area contributed by atoms with Gasteiger partial charge in [0.2, 0.25) is 5.91 Å². The van der Waals surface area contributed by atoms with E-state index in [0.717, 1.165) is 38.8 Å². The van der Waals surface area contributed by atoms with Gasteiger partial charge in [0.25, 0.3) is 0 Å². The summed E-state index contributed by atoms with van der Waals surface area (Å²) in [6.07, 6.45) is 16.9. The molecule has 0 aliphatic heterocycles. The highest BCUT2D eigenvalue weighted by Crippen LogP contribution is 2.09. The van der Waals surface area contributed by atoms with Crippen molar-refractivity contribution in [2.75, 3.05) is 19.7 Å². The average Bonchev–Trinajstić information content (AvgIpc) is 2.70. The first-order chi connectivity index (χ1) is 13.7. The standard InChI is InChI=1S/C24H47NO3/c1-4-7-10-13-14-17-22-28-24(27)19-18-23(26)25(20-15-11-8-5-2)21-16-12-9-6-3/h4-22H2,1-3H3. The van der Waals surface area contributed by atoms with Gasteiger partial charge in [-0.2, -0.15) is 0 Å². The van der Waals surface area contributed by atoms with Crippen LogP contribution in [-0.4, -0.2) is 36.5 Å². The highest BCUT2D eigenvalue weighted by atomic mass is 16.5. The van der Waals surface area contributed by atoms with Crippen LogP contribution in [0.2, 0.25) is 0 Å². The van der Waals surface area contributed by atoms with Gasteiger partial charge in [-0.3, -0.25) is 9.59 Å². The number of unbranched alkanes of at least 4 members (excludes halogenated alkanes) is 11. The zero-order valence-corrected chi connectivity index (χ0v) is 19.1. The summed E-state index contributed by atoms with van der Waals surface area (Å²) < 4.78 is 5.30. The van der Waals surface area contributed by atoms with Crippen LogP contribution in [0.3, 0.4) is 0 Å². The number of amides is 1. The summed E-state index contributed by atoms with van der Waals surface area (Å²) in [5.74, 6) is -0.108. The SMILES string of the molecule is CCCCCCCCOC(=O)CCC(=O)N(CCCCCC)CCCCCC. The predicted molar refractivity (Wildman–Crippen MR) is 118 cm³/mol. The van der Waals surface area contributed by atoms with E-state index < -0.39 is 0 Å². The van der Waals surface area contributed by atoms with E-state index in [4.69, 9.17) is 4.74 Å². The van der Waals surface area contributed by atoms with Gasteiger partial charge in [-0.15, -0.1) is 0 Å². The fourth-order valence-electron chi connectivity index (χ4n) is 3.33. The highest BCUT2D eigenvalue weighted by Gasteiger charge is 2.15. The van der Waals surface area contributed by atoms with Gasteiger partial charge >= 0.3 is 5.97 Å². The van der Waals surface area contributed by atoms with Crippen molar-refractivity contribution in [3.8, 4) is 0 Å². The Balaban J connectivity index is 4.02. The molecule has 0 fully saturated rings. The Kier molecular flexibility index (Phi) is 19.9. The van der Waals surface area contributed by atoms with E-state index in [1.807, 2.05) is 4.90 Å². The summed E-state index contributed by atoms with van der Waals surface area (Å²) >= 11 is 0. The maximum atomic E-state index is 12.6. The molecule has 0 spiro atoms. The monoisotopic (exact) mass is 397 g/mol. The van der Waals surface area contributed by atoms with Crippen molar-refractivity contribution in [3.63, 3.8) is 0 Å². The summed E-state index contributed by atoms with van der Waals surface area (Å²) in [7, 11) is 0. The average molecular weight is 398 g/mol. The molecular weight excluding hydrogens is 350 g/mol. The largest absolute Gasteiger partial charge is 0.466 e. The molecule has 0 atom stereocenters. The lowest BCUT2D eigenvalue weighted by Crippen LogP contribution is -2.33. The van der Waals surface area contributed by atoms with Crippen molar-refractivity contribution < 1.29 is 14.3 Å². The van der Waals surface area contributed by atoms with Crippen LogP contribution in [0.5, 0.6) is 0 Å². The number of nitrogens with zero attached hydrogens (tertiary/aromatic N) is 1. The minimum atomic E-state index is -0.223. The Morgan fingerprint density at radius 2 is 1.07 bits per heavy atom. The Morgan fingerprint density at radius 3 is 1.61 bits per heavy atom. The third kappa shape index (κ3) is 17.1. The Bertz CT molecular complexity index is 359. The van der Waals surface area contributed by atoms with Gasteiger partial charge in [0.05, 0.1) is 13.0 Å². The molecule has 0 rings (SSSR count). The second-order valence-electron chi connectivity index (χ2n) is 7.99. The predicted octanol–water partition coefficient (Wildman–Crippen LogP) is 6.66. The van der Waals surface area contributed by atoms with Gasteiger partial charge in [0.15, 0.2) is 0 Å². The molecule has 0 aromatic heterocycles. The summed E-state index contributed by atoms with van der Waals surface area (Å²) in [6, 6.07) is 0. The first kappa shape index (κ1) is 26.9. The highest BCUT2D eigenvalue weighted by molar-refractivity contribution is 5.81. The molecule has 166 valence electrons. The third-order valence-corrected chi connectivity index (χ3v) is 5.22. The van der Waals surface area contributed by atoms with Crippen molar-refractivity contribution in [2.24, 2.45) is 0 Å². The van der Waals surface area contributed by atoms with Gasteiger partial charge in [-0.1, -0.05) is 91.4 Å². The van der Waals surface area contributed by atoms with E-state index in [-0.39, 0.29) is 24.7 Å². The van der Waals surface area contributed by atoms with E-state index in [1.54, 1.807) is 0 Å². The zero-order chi connectivity index (χ0) is 20.9. The lowest BCUT2D eigenvalue weighted by Gasteiger charge is -2.23. The van der Waals surface area contributed by atoms with Crippen molar-refractivity contribution >= 4 is 11.9 Å². The van der Waals surface area contributed by atoms with E-state index >= 15 is 0 Å². The van der Waals surface area contributed by atoms with Crippen LogP contribution in [0, 0.1) is 0 Å². The normalized spacial score (nSPS) is 10.8. The first-order valence-electron chi connectivity index (χ1n) is 12.1. The number of esters is 1. The van der Waals surface area contributed by atoms with Gasteiger partial charge < -0.3 is 9.64 Å². The number of hydrogen-bond donors (Lipinski definition) is 0. The molecule has 4 nitrogen and oxygen atoms in total. The van der Waals surface area contributed by atoms with Gasteiger partial charge in [-0.25, -0.2) is 0 Å². The number of ether oxygens (including phenoxy) is 1. The lowest BCUT2D eigenvalue weighted by molar-refractivity contribution is -0.146. The van der Waals surface area contributed by atoms with Crippen LogP contribution in [0.1, 0.15) is 124 Å². The summed E-state index contributed by atoms with van der Waals surface area (Å²) in [4.78, 5) is 26.5. The zero-order valence-electron chi connectivity index (χ0n) is 19.1. The molecule has 0 aliphatic rings. The van der Waals surface area contributed by atoms with Gasteiger partial charge in [0, 0.05) is 19.5 Å².